The zero-order valence-electron chi connectivity index (χ0n) is 13.9. The van der Waals surface area contributed by atoms with Crippen LogP contribution in [0.15, 0.2) is 23.8 Å². The molecule has 0 radical (unpaired) electrons. The number of nitrogens with one attached hydrogen (secondary N) is 1. The summed E-state index contributed by atoms with van der Waals surface area (Å²) < 4.78 is 16.3. The van der Waals surface area contributed by atoms with E-state index in [1.807, 2.05) is 12.1 Å². The molecule has 1 rings (SSSR count). The summed E-state index contributed by atoms with van der Waals surface area (Å²) in [5.74, 6) is 2.17. The van der Waals surface area contributed by atoms with Crippen molar-refractivity contribution in [1.29, 1.82) is 0 Å². The molecule has 1 aromatic rings. The molecule has 0 aliphatic rings. The molecular formula is C17H27NO3. The van der Waals surface area contributed by atoms with Crippen molar-refractivity contribution in [1.82, 2.24) is 5.32 Å². The summed E-state index contributed by atoms with van der Waals surface area (Å²) in [5.41, 5.74) is 2.30. The molecule has 0 fully saturated rings. The van der Waals surface area contributed by atoms with Crippen LogP contribution in [0.4, 0.5) is 0 Å². The van der Waals surface area contributed by atoms with Crippen molar-refractivity contribution in [3.8, 4) is 17.2 Å². The molecule has 4 heteroatoms. The molecule has 0 heterocycles. The normalized spacial score (nSPS) is 11.7. The highest BCUT2D eigenvalue weighted by Gasteiger charge is 2.18. The molecule has 0 saturated heterocycles. The van der Waals surface area contributed by atoms with Crippen LogP contribution in [-0.2, 0) is 0 Å². The smallest absolute Gasteiger partial charge is 0.164 e. The predicted octanol–water partition coefficient (Wildman–Crippen LogP) is 3.72. The van der Waals surface area contributed by atoms with Gasteiger partial charge in [0.2, 0.25) is 0 Å². The quantitative estimate of drug-likeness (QED) is 0.742. The second-order valence-electron chi connectivity index (χ2n) is 5.12. The van der Waals surface area contributed by atoms with E-state index in [4.69, 9.17) is 14.2 Å². The number of benzene rings is 1. The van der Waals surface area contributed by atoms with Crippen LogP contribution < -0.4 is 19.5 Å². The molecule has 1 N–H and O–H groups in total. The van der Waals surface area contributed by atoms with Gasteiger partial charge in [-0.2, -0.15) is 0 Å². The Hall–Kier alpha value is -1.68. The van der Waals surface area contributed by atoms with Gasteiger partial charge in [0.15, 0.2) is 11.5 Å². The molecule has 0 saturated carbocycles. The van der Waals surface area contributed by atoms with E-state index in [1.165, 1.54) is 5.57 Å². The lowest BCUT2D eigenvalue weighted by Gasteiger charge is -2.21. The average molecular weight is 293 g/mol. The van der Waals surface area contributed by atoms with Gasteiger partial charge < -0.3 is 19.5 Å². The molecular weight excluding hydrogens is 266 g/mol. The predicted molar refractivity (Wildman–Crippen MR) is 86.6 cm³/mol. The van der Waals surface area contributed by atoms with Crippen molar-refractivity contribution < 1.29 is 14.2 Å². The van der Waals surface area contributed by atoms with Crippen LogP contribution in [0.3, 0.4) is 0 Å². The Morgan fingerprint density at radius 2 is 1.62 bits per heavy atom. The summed E-state index contributed by atoms with van der Waals surface area (Å²) in [6, 6.07) is 3.93. The number of hydrogen-bond acceptors (Lipinski definition) is 4. The summed E-state index contributed by atoms with van der Waals surface area (Å²) in [4.78, 5) is 0. The molecule has 0 aliphatic carbocycles. The van der Waals surface area contributed by atoms with Crippen molar-refractivity contribution in [2.24, 2.45) is 0 Å². The maximum atomic E-state index is 5.53. The maximum Gasteiger partial charge on any atom is 0.164 e. The third-order valence-electron chi connectivity index (χ3n) is 3.19. The molecule has 1 aromatic carbocycles. The van der Waals surface area contributed by atoms with Gasteiger partial charge in [-0.3, -0.25) is 0 Å². The molecule has 4 nitrogen and oxygen atoms in total. The van der Waals surface area contributed by atoms with E-state index in [-0.39, 0.29) is 6.04 Å². The van der Waals surface area contributed by atoms with E-state index in [9.17, 15) is 0 Å². The van der Waals surface area contributed by atoms with Crippen LogP contribution in [0.2, 0.25) is 0 Å². The second-order valence-corrected chi connectivity index (χ2v) is 5.12. The fourth-order valence-electron chi connectivity index (χ4n) is 2.19. The van der Waals surface area contributed by atoms with Gasteiger partial charge in [-0.05, 0) is 32.9 Å². The summed E-state index contributed by atoms with van der Waals surface area (Å²) in [7, 11) is 4.94. The molecule has 0 aromatic heterocycles. The first kappa shape index (κ1) is 17.4. The number of methoxy groups -OCH3 is 3. The topological polar surface area (TPSA) is 39.7 Å². The van der Waals surface area contributed by atoms with Gasteiger partial charge in [0.05, 0.1) is 27.4 Å². The van der Waals surface area contributed by atoms with Crippen molar-refractivity contribution in [3.63, 3.8) is 0 Å². The van der Waals surface area contributed by atoms with Crippen molar-refractivity contribution >= 4 is 0 Å². The Labute approximate surface area is 128 Å². The molecule has 1 atom stereocenters. The van der Waals surface area contributed by atoms with Gasteiger partial charge in [0, 0.05) is 11.6 Å². The van der Waals surface area contributed by atoms with E-state index < -0.39 is 0 Å². The van der Waals surface area contributed by atoms with Crippen LogP contribution in [0.5, 0.6) is 17.2 Å². The van der Waals surface area contributed by atoms with Crippen LogP contribution in [0.25, 0.3) is 0 Å². The zero-order chi connectivity index (χ0) is 15.8. The number of ether oxygens (including phenoxy) is 3. The Bertz CT molecular complexity index is 479. The summed E-state index contributed by atoms with van der Waals surface area (Å²) in [6.45, 7) is 7.27. The van der Waals surface area contributed by atoms with Crippen LogP contribution in [-0.4, -0.2) is 27.9 Å². The fraction of sp³-hybridized carbons (Fsp3) is 0.529. The molecule has 1 unspecified atom stereocenters. The summed E-state index contributed by atoms with van der Waals surface area (Å²) in [6.07, 6.45) is 3.27. The van der Waals surface area contributed by atoms with Gasteiger partial charge in [-0.15, -0.1) is 0 Å². The number of allylic oxidation sites excluding steroid dienone is 1. The van der Waals surface area contributed by atoms with Gasteiger partial charge in [0.1, 0.15) is 5.75 Å². The van der Waals surface area contributed by atoms with Crippen LogP contribution >= 0.6 is 0 Å². The molecule has 0 spiro atoms. The third kappa shape index (κ3) is 4.67. The zero-order valence-corrected chi connectivity index (χ0v) is 13.9. The van der Waals surface area contributed by atoms with Crippen molar-refractivity contribution in [2.45, 2.75) is 33.2 Å². The van der Waals surface area contributed by atoms with Gasteiger partial charge in [0.25, 0.3) is 0 Å². The largest absolute Gasteiger partial charge is 0.496 e. The Morgan fingerprint density at radius 1 is 1.05 bits per heavy atom. The summed E-state index contributed by atoms with van der Waals surface area (Å²) in [5, 5.41) is 3.53. The maximum absolute atomic E-state index is 5.53. The van der Waals surface area contributed by atoms with E-state index >= 15 is 0 Å². The van der Waals surface area contributed by atoms with Crippen molar-refractivity contribution in [2.75, 3.05) is 27.9 Å². The van der Waals surface area contributed by atoms with E-state index in [2.05, 4.69) is 32.2 Å². The van der Waals surface area contributed by atoms with Gasteiger partial charge >= 0.3 is 0 Å². The minimum absolute atomic E-state index is 0.0877. The lowest BCUT2D eigenvalue weighted by molar-refractivity contribution is 0.346. The minimum atomic E-state index is 0.0877. The van der Waals surface area contributed by atoms with E-state index in [0.717, 1.165) is 24.3 Å². The molecule has 0 amide bonds. The first-order valence-corrected chi connectivity index (χ1v) is 7.25. The second kappa shape index (κ2) is 8.57. The SMILES string of the molecule is CCCNC(C=C(C)C)c1cc(OC)c(OC)cc1OC. The highest BCUT2D eigenvalue weighted by atomic mass is 16.5. The molecule has 118 valence electrons. The van der Waals surface area contributed by atoms with Crippen molar-refractivity contribution in [3.05, 3.63) is 29.3 Å². The monoisotopic (exact) mass is 293 g/mol. The van der Waals surface area contributed by atoms with Gasteiger partial charge in [-0.25, -0.2) is 0 Å². The Kier molecular flexibility index (Phi) is 7.09. The van der Waals surface area contributed by atoms with Crippen LogP contribution in [0.1, 0.15) is 38.8 Å². The Balaban J connectivity index is 3.30. The minimum Gasteiger partial charge on any atom is -0.496 e. The highest BCUT2D eigenvalue weighted by molar-refractivity contribution is 5.52. The lowest BCUT2D eigenvalue weighted by Crippen LogP contribution is -2.21. The highest BCUT2D eigenvalue weighted by Crippen LogP contribution is 2.38. The Morgan fingerprint density at radius 3 is 2.10 bits per heavy atom. The van der Waals surface area contributed by atoms with E-state index in [0.29, 0.717) is 11.5 Å². The fourth-order valence-corrected chi connectivity index (χ4v) is 2.19. The first-order chi connectivity index (χ1) is 10.1. The molecule has 21 heavy (non-hydrogen) atoms. The lowest BCUT2D eigenvalue weighted by atomic mass is 10.0. The van der Waals surface area contributed by atoms with E-state index in [1.54, 1.807) is 21.3 Å². The number of rotatable bonds is 8. The standard InChI is InChI=1S/C17H27NO3/c1-7-8-18-14(9-12(2)3)13-10-16(20-5)17(21-6)11-15(13)19-4/h9-11,14,18H,7-8H2,1-6H3. The third-order valence-corrected chi connectivity index (χ3v) is 3.19. The number of hydrogen-bond donors (Lipinski definition) is 1. The van der Waals surface area contributed by atoms with Gasteiger partial charge in [-0.1, -0.05) is 18.6 Å². The first-order valence-electron chi connectivity index (χ1n) is 7.25. The average Bonchev–Trinajstić information content (AvgIpc) is 2.49. The molecule has 0 aliphatic heterocycles. The summed E-state index contributed by atoms with van der Waals surface area (Å²) >= 11 is 0. The van der Waals surface area contributed by atoms with Crippen LogP contribution in [0, 0.1) is 0 Å². The molecule has 0 bridgehead atoms.